The van der Waals surface area contributed by atoms with Crippen molar-refractivity contribution < 1.29 is 0 Å². The zero-order valence-electron chi connectivity index (χ0n) is 7.02. The molecule has 0 saturated heterocycles. The van der Waals surface area contributed by atoms with Crippen LogP contribution >= 0.6 is 21.6 Å². The molecule has 2 heteroatoms. The summed E-state index contributed by atoms with van der Waals surface area (Å²) in [6, 6.07) is 0. The lowest BCUT2D eigenvalue weighted by Crippen LogP contribution is -2.06. The average Bonchev–Trinajstić information content (AvgIpc) is 2.11. The highest BCUT2D eigenvalue weighted by atomic mass is 33.1. The molecule has 1 heterocycles. The number of hydrogen-bond donors (Lipinski definition) is 0. The molecule has 1 aliphatic rings. The zero-order valence-corrected chi connectivity index (χ0v) is 8.66. The lowest BCUT2D eigenvalue weighted by atomic mass is 9.94. The van der Waals surface area contributed by atoms with Crippen LogP contribution in [-0.4, -0.2) is 5.75 Å². The quantitative estimate of drug-likeness (QED) is 0.514. The molecule has 0 nitrogen and oxygen atoms in total. The van der Waals surface area contributed by atoms with Gasteiger partial charge in [-0.15, -0.1) is 0 Å². The van der Waals surface area contributed by atoms with Crippen molar-refractivity contribution in [3.05, 3.63) is 10.5 Å². The van der Waals surface area contributed by atoms with Gasteiger partial charge in [0, 0.05) is 10.7 Å². The molecule has 0 atom stereocenters. The van der Waals surface area contributed by atoms with Crippen molar-refractivity contribution in [1.29, 1.82) is 0 Å². The highest BCUT2D eigenvalue weighted by Crippen LogP contribution is 2.49. The minimum atomic E-state index is 0.373. The fraction of sp³-hybridized carbons (Fsp3) is 0.750. The first kappa shape index (κ1) is 8.54. The van der Waals surface area contributed by atoms with Gasteiger partial charge in [-0.1, -0.05) is 47.9 Å². The average molecular weight is 174 g/mol. The summed E-state index contributed by atoms with van der Waals surface area (Å²) in [6.45, 7) is 9.09. The van der Waals surface area contributed by atoms with Gasteiger partial charge in [-0.05, 0) is 12.3 Å². The van der Waals surface area contributed by atoms with Crippen LogP contribution in [0.25, 0.3) is 0 Å². The largest absolute Gasteiger partial charge is 0.0848 e. The lowest BCUT2D eigenvalue weighted by Gasteiger charge is -2.19. The molecule has 0 aromatic heterocycles. The molecule has 0 N–H and O–H groups in total. The third-order valence-electron chi connectivity index (χ3n) is 1.49. The fourth-order valence-corrected chi connectivity index (χ4v) is 4.37. The Kier molecular flexibility index (Phi) is 2.41. The second kappa shape index (κ2) is 2.82. The van der Waals surface area contributed by atoms with Crippen molar-refractivity contribution in [2.75, 3.05) is 5.75 Å². The lowest BCUT2D eigenvalue weighted by molar-refractivity contribution is 0.530. The predicted octanol–water partition coefficient (Wildman–Crippen LogP) is 3.70. The Labute approximate surface area is 71.2 Å². The van der Waals surface area contributed by atoms with Crippen molar-refractivity contribution in [1.82, 2.24) is 0 Å². The van der Waals surface area contributed by atoms with E-state index in [4.69, 9.17) is 0 Å². The molecular weight excluding hydrogens is 160 g/mol. The maximum absolute atomic E-state index is 2.28. The van der Waals surface area contributed by atoms with E-state index in [-0.39, 0.29) is 0 Å². The van der Waals surface area contributed by atoms with E-state index >= 15 is 0 Å². The summed E-state index contributed by atoms with van der Waals surface area (Å²) in [5.74, 6) is 1.22. The van der Waals surface area contributed by atoms with Crippen LogP contribution in [0.2, 0.25) is 0 Å². The normalized spacial score (nSPS) is 20.4. The molecule has 1 aliphatic heterocycles. The van der Waals surface area contributed by atoms with Gasteiger partial charge in [-0.25, -0.2) is 0 Å². The smallest absolute Gasteiger partial charge is 0.0259 e. The van der Waals surface area contributed by atoms with E-state index in [9.17, 15) is 0 Å². The molecule has 0 fully saturated rings. The van der Waals surface area contributed by atoms with Crippen molar-refractivity contribution in [3.63, 3.8) is 0 Å². The van der Waals surface area contributed by atoms with Crippen molar-refractivity contribution in [2.45, 2.75) is 27.7 Å². The minimum Gasteiger partial charge on any atom is -0.0848 e. The third-order valence-corrected chi connectivity index (χ3v) is 4.49. The third kappa shape index (κ3) is 1.73. The van der Waals surface area contributed by atoms with E-state index in [0.29, 0.717) is 5.41 Å². The maximum Gasteiger partial charge on any atom is 0.0259 e. The molecule has 58 valence electrons. The van der Waals surface area contributed by atoms with Gasteiger partial charge in [0.25, 0.3) is 0 Å². The predicted molar refractivity (Wildman–Crippen MR) is 52.2 cm³/mol. The Morgan fingerprint density at radius 3 is 2.10 bits per heavy atom. The van der Waals surface area contributed by atoms with Gasteiger partial charge in [0.2, 0.25) is 0 Å². The van der Waals surface area contributed by atoms with Crippen molar-refractivity contribution >= 4 is 21.6 Å². The molecule has 1 rings (SSSR count). The van der Waals surface area contributed by atoms with E-state index in [0.717, 1.165) is 0 Å². The van der Waals surface area contributed by atoms with Crippen LogP contribution in [0.5, 0.6) is 0 Å². The van der Waals surface area contributed by atoms with E-state index < -0.39 is 0 Å². The first-order valence-corrected chi connectivity index (χ1v) is 5.83. The van der Waals surface area contributed by atoms with Crippen LogP contribution in [0.3, 0.4) is 0 Å². The summed E-state index contributed by atoms with van der Waals surface area (Å²) in [6.07, 6.45) is 0. The summed E-state index contributed by atoms with van der Waals surface area (Å²) in [7, 11) is 3.91. The highest BCUT2D eigenvalue weighted by molar-refractivity contribution is 8.78. The van der Waals surface area contributed by atoms with Gasteiger partial charge in [-0.2, -0.15) is 0 Å². The Morgan fingerprint density at radius 2 is 1.90 bits per heavy atom. The summed E-state index contributed by atoms with van der Waals surface area (Å²) in [5.41, 5.74) is 1.95. The summed E-state index contributed by atoms with van der Waals surface area (Å²) in [5, 5.41) is 0. The van der Waals surface area contributed by atoms with Crippen LogP contribution in [0.1, 0.15) is 27.7 Å². The second-order valence-corrected chi connectivity index (χ2v) is 6.01. The minimum absolute atomic E-state index is 0.373. The monoisotopic (exact) mass is 174 g/mol. The molecule has 0 bridgehead atoms. The van der Waals surface area contributed by atoms with Gasteiger partial charge >= 0.3 is 0 Å². The van der Waals surface area contributed by atoms with Crippen LogP contribution in [-0.2, 0) is 0 Å². The van der Waals surface area contributed by atoms with E-state index in [2.05, 4.69) is 27.7 Å². The fourth-order valence-electron chi connectivity index (χ4n) is 1.08. The maximum atomic E-state index is 2.28. The van der Waals surface area contributed by atoms with E-state index in [1.54, 1.807) is 10.5 Å². The van der Waals surface area contributed by atoms with Gasteiger partial charge in [-0.3, -0.25) is 0 Å². The first-order chi connectivity index (χ1) is 4.52. The number of hydrogen-bond acceptors (Lipinski definition) is 2. The van der Waals surface area contributed by atoms with Crippen LogP contribution in [0, 0.1) is 5.41 Å². The van der Waals surface area contributed by atoms with E-state index in [1.165, 1.54) is 5.75 Å². The Morgan fingerprint density at radius 1 is 1.30 bits per heavy atom. The number of allylic oxidation sites excluding steroid dienone is 1. The Balaban J connectivity index is 2.81. The summed E-state index contributed by atoms with van der Waals surface area (Å²) < 4.78 is 0. The molecule has 0 amide bonds. The topological polar surface area (TPSA) is 0 Å². The van der Waals surface area contributed by atoms with Gasteiger partial charge < -0.3 is 0 Å². The molecule has 10 heavy (non-hydrogen) atoms. The van der Waals surface area contributed by atoms with Crippen molar-refractivity contribution in [2.24, 2.45) is 5.41 Å². The Bertz CT molecular complexity index is 163. The molecular formula is C8H14S2. The first-order valence-electron chi connectivity index (χ1n) is 3.51. The van der Waals surface area contributed by atoms with Crippen molar-refractivity contribution in [3.8, 4) is 0 Å². The standard InChI is InChI=1S/C8H14S2/c1-6-5-9-10-7(6)8(2,3)4/h5H2,1-4H3. The van der Waals surface area contributed by atoms with Crippen LogP contribution < -0.4 is 0 Å². The molecule has 0 unspecified atom stereocenters. The molecule has 0 aliphatic carbocycles. The van der Waals surface area contributed by atoms with Crippen LogP contribution in [0.4, 0.5) is 0 Å². The number of rotatable bonds is 0. The molecule has 0 aromatic rings. The SMILES string of the molecule is CC1=C(C(C)(C)C)SSC1. The van der Waals surface area contributed by atoms with Gasteiger partial charge in [0.1, 0.15) is 0 Å². The second-order valence-electron chi connectivity index (χ2n) is 3.70. The highest BCUT2D eigenvalue weighted by Gasteiger charge is 2.24. The van der Waals surface area contributed by atoms with Gasteiger partial charge in [0.15, 0.2) is 0 Å². The Hall–Kier alpha value is 0.440. The summed E-state index contributed by atoms with van der Waals surface area (Å²) in [4.78, 5) is 1.58. The summed E-state index contributed by atoms with van der Waals surface area (Å²) >= 11 is 0. The zero-order chi connectivity index (χ0) is 7.78. The van der Waals surface area contributed by atoms with Gasteiger partial charge in [0.05, 0.1) is 0 Å². The molecule has 0 spiro atoms. The molecule has 0 aromatic carbocycles. The van der Waals surface area contributed by atoms with E-state index in [1.807, 2.05) is 21.6 Å². The molecule has 0 saturated carbocycles. The van der Waals surface area contributed by atoms with Crippen LogP contribution in [0.15, 0.2) is 10.5 Å². The molecule has 0 radical (unpaired) electrons.